The van der Waals surface area contributed by atoms with Crippen LogP contribution in [-0.2, 0) is 11.2 Å². The topological polar surface area (TPSA) is 126 Å². The number of anilines is 1. The molecule has 9 heteroatoms. The lowest BCUT2D eigenvalue weighted by molar-refractivity contribution is -0.385. The van der Waals surface area contributed by atoms with E-state index in [2.05, 4.69) is 5.32 Å². The van der Waals surface area contributed by atoms with Crippen molar-refractivity contribution in [3.63, 3.8) is 0 Å². The highest BCUT2D eigenvalue weighted by Gasteiger charge is 2.24. The minimum atomic E-state index is -0.627. The SMILES string of the molecule is COCCOc1cc([N+](=O)[O-])c(C(=O)NCCc2ccc(N)cc2)cc1OC. The van der Waals surface area contributed by atoms with Crippen molar-refractivity contribution in [3.05, 3.63) is 57.6 Å². The van der Waals surface area contributed by atoms with Crippen LogP contribution in [0.2, 0.25) is 0 Å². The number of nitrogens with one attached hydrogen (secondary N) is 1. The Morgan fingerprint density at radius 3 is 2.46 bits per heavy atom. The first-order chi connectivity index (χ1) is 13.5. The van der Waals surface area contributed by atoms with Crippen LogP contribution in [0.3, 0.4) is 0 Å². The number of hydrogen-bond donors (Lipinski definition) is 2. The van der Waals surface area contributed by atoms with Crippen LogP contribution in [0.15, 0.2) is 36.4 Å². The summed E-state index contributed by atoms with van der Waals surface area (Å²) in [6, 6.07) is 9.75. The molecule has 3 N–H and O–H groups in total. The molecule has 150 valence electrons. The first-order valence-electron chi connectivity index (χ1n) is 8.57. The number of benzene rings is 2. The highest BCUT2D eigenvalue weighted by atomic mass is 16.6. The number of amides is 1. The lowest BCUT2D eigenvalue weighted by Gasteiger charge is -2.13. The Balaban J connectivity index is 2.13. The van der Waals surface area contributed by atoms with E-state index in [0.29, 0.717) is 25.3 Å². The van der Waals surface area contributed by atoms with E-state index in [4.69, 9.17) is 19.9 Å². The van der Waals surface area contributed by atoms with E-state index >= 15 is 0 Å². The van der Waals surface area contributed by atoms with E-state index in [0.717, 1.165) is 5.56 Å². The minimum absolute atomic E-state index is 0.0988. The Labute approximate surface area is 162 Å². The van der Waals surface area contributed by atoms with Crippen molar-refractivity contribution in [1.29, 1.82) is 0 Å². The maximum absolute atomic E-state index is 12.5. The zero-order valence-electron chi connectivity index (χ0n) is 15.8. The molecular weight excluding hydrogens is 366 g/mol. The Morgan fingerprint density at radius 1 is 1.14 bits per heavy atom. The number of nitro benzene ring substituents is 1. The normalized spacial score (nSPS) is 10.4. The number of rotatable bonds is 10. The second-order valence-corrected chi connectivity index (χ2v) is 5.87. The van der Waals surface area contributed by atoms with E-state index in [1.54, 1.807) is 12.1 Å². The molecule has 1 amide bonds. The molecule has 2 aromatic rings. The fourth-order valence-electron chi connectivity index (χ4n) is 2.49. The number of methoxy groups -OCH3 is 2. The van der Waals surface area contributed by atoms with Gasteiger partial charge in [0.1, 0.15) is 12.2 Å². The Kier molecular flexibility index (Phi) is 7.58. The van der Waals surface area contributed by atoms with E-state index in [9.17, 15) is 14.9 Å². The fourth-order valence-corrected chi connectivity index (χ4v) is 2.49. The smallest absolute Gasteiger partial charge is 0.286 e. The molecule has 0 aliphatic heterocycles. The van der Waals surface area contributed by atoms with Crippen LogP contribution in [0.4, 0.5) is 11.4 Å². The highest BCUT2D eigenvalue weighted by molar-refractivity contribution is 5.99. The van der Waals surface area contributed by atoms with Gasteiger partial charge in [-0.1, -0.05) is 12.1 Å². The maximum atomic E-state index is 12.5. The highest BCUT2D eigenvalue weighted by Crippen LogP contribution is 2.34. The fraction of sp³-hybridized carbons (Fsp3) is 0.316. The van der Waals surface area contributed by atoms with Crippen LogP contribution in [-0.4, -0.2) is 44.8 Å². The first-order valence-corrected chi connectivity index (χ1v) is 8.57. The van der Waals surface area contributed by atoms with Gasteiger partial charge < -0.3 is 25.3 Å². The zero-order chi connectivity index (χ0) is 20.5. The van der Waals surface area contributed by atoms with Gasteiger partial charge in [0.15, 0.2) is 11.5 Å². The van der Waals surface area contributed by atoms with Gasteiger partial charge in [0, 0.05) is 25.4 Å². The number of nitrogens with zero attached hydrogens (tertiary/aromatic N) is 1. The molecule has 0 radical (unpaired) electrons. The Hall–Kier alpha value is -3.33. The van der Waals surface area contributed by atoms with E-state index in [1.807, 2.05) is 12.1 Å². The molecule has 0 heterocycles. The van der Waals surface area contributed by atoms with Gasteiger partial charge in [-0.15, -0.1) is 0 Å². The van der Waals surface area contributed by atoms with Crippen LogP contribution < -0.4 is 20.5 Å². The maximum Gasteiger partial charge on any atom is 0.286 e. The van der Waals surface area contributed by atoms with Crippen molar-refractivity contribution >= 4 is 17.3 Å². The molecule has 2 aromatic carbocycles. The molecule has 2 rings (SSSR count). The number of ether oxygens (including phenoxy) is 3. The number of carbonyl (C=O) groups is 1. The number of nitrogen functional groups attached to an aromatic ring is 1. The molecule has 0 aliphatic rings. The summed E-state index contributed by atoms with van der Waals surface area (Å²) in [4.78, 5) is 23.3. The van der Waals surface area contributed by atoms with Crippen LogP contribution in [0.25, 0.3) is 0 Å². The Bertz CT molecular complexity index is 823. The minimum Gasteiger partial charge on any atom is -0.493 e. The largest absolute Gasteiger partial charge is 0.493 e. The second-order valence-electron chi connectivity index (χ2n) is 5.87. The second kappa shape index (κ2) is 10.1. The molecule has 0 aliphatic carbocycles. The molecule has 28 heavy (non-hydrogen) atoms. The first kappa shape index (κ1) is 21.0. The average Bonchev–Trinajstić information content (AvgIpc) is 2.69. The van der Waals surface area contributed by atoms with Gasteiger partial charge in [-0.2, -0.15) is 0 Å². The molecule has 9 nitrogen and oxygen atoms in total. The predicted octanol–water partition coefficient (Wildman–Crippen LogP) is 2.18. The molecular formula is C19H23N3O6. The molecule has 0 spiro atoms. The predicted molar refractivity (Wildman–Crippen MR) is 104 cm³/mol. The van der Waals surface area contributed by atoms with E-state index < -0.39 is 10.8 Å². The summed E-state index contributed by atoms with van der Waals surface area (Å²) in [6.07, 6.45) is 0.565. The van der Waals surface area contributed by atoms with Crippen LogP contribution in [0.5, 0.6) is 11.5 Å². The van der Waals surface area contributed by atoms with Crippen molar-refractivity contribution < 1.29 is 23.9 Å². The number of nitro groups is 1. The molecule has 0 saturated carbocycles. The summed E-state index contributed by atoms with van der Waals surface area (Å²) in [7, 11) is 2.91. The van der Waals surface area contributed by atoms with Crippen LogP contribution in [0.1, 0.15) is 15.9 Å². The summed E-state index contributed by atoms with van der Waals surface area (Å²) in [5, 5.41) is 14.1. The monoisotopic (exact) mass is 389 g/mol. The zero-order valence-corrected chi connectivity index (χ0v) is 15.8. The van der Waals surface area contributed by atoms with Crippen LogP contribution in [0, 0.1) is 10.1 Å². The van der Waals surface area contributed by atoms with Gasteiger partial charge >= 0.3 is 0 Å². The van der Waals surface area contributed by atoms with Crippen molar-refractivity contribution in [2.24, 2.45) is 0 Å². The van der Waals surface area contributed by atoms with E-state index in [-0.39, 0.29) is 29.4 Å². The van der Waals surface area contributed by atoms with Crippen LogP contribution >= 0.6 is 0 Å². The van der Waals surface area contributed by atoms with Crippen molar-refractivity contribution in [1.82, 2.24) is 5.32 Å². The third-order valence-electron chi connectivity index (χ3n) is 3.95. The lowest BCUT2D eigenvalue weighted by atomic mass is 10.1. The molecule has 0 bridgehead atoms. The van der Waals surface area contributed by atoms with Gasteiger partial charge in [-0.25, -0.2) is 0 Å². The van der Waals surface area contributed by atoms with Crippen molar-refractivity contribution in [3.8, 4) is 11.5 Å². The van der Waals surface area contributed by atoms with Gasteiger partial charge in [0.2, 0.25) is 0 Å². The Morgan fingerprint density at radius 2 is 1.86 bits per heavy atom. The third-order valence-corrected chi connectivity index (χ3v) is 3.95. The number of nitrogens with two attached hydrogens (primary N) is 1. The van der Waals surface area contributed by atoms with Gasteiger partial charge in [-0.05, 0) is 24.1 Å². The van der Waals surface area contributed by atoms with Crippen molar-refractivity contribution in [2.75, 3.05) is 39.7 Å². The average molecular weight is 389 g/mol. The molecule has 0 saturated heterocycles. The van der Waals surface area contributed by atoms with Gasteiger partial charge in [0.05, 0.1) is 24.7 Å². The lowest BCUT2D eigenvalue weighted by Crippen LogP contribution is -2.26. The molecule has 0 unspecified atom stereocenters. The van der Waals surface area contributed by atoms with Gasteiger partial charge in [-0.3, -0.25) is 14.9 Å². The van der Waals surface area contributed by atoms with Gasteiger partial charge in [0.25, 0.3) is 11.6 Å². The summed E-state index contributed by atoms with van der Waals surface area (Å²) >= 11 is 0. The van der Waals surface area contributed by atoms with Crippen molar-refractivity contribution in [2.45, 2.75) is 6.42 Å². The molecule has 0 fully saturated rings. The standard InChI is InChI=1S/C19H23N3O6/c1-26-9-10-28-18-12-16(22(24)25)15(11-17(18)27-2)19(23)21-8-7-13-3-5-14(20)6-4-13/h3-6,11-12H,7-10,20H2,1-2H3,(H,21,23). The quantitative estimate of drug-likeness (QED) is 0.276. The summed E-state index contributed by atoms with van der Waals surface area (Å²) in [6.45, 7) is 0.815. The summed E-state index contributed by atoms with van der Waals surface area (Å²) in [5.41, 5.74) is 6.82. The summed E-state index contributed by atoms with van der Waals surface area (Å²) < 4.78 is 15.5. The number of carbonyl (C=O) groups excluding carboxylic acids is 1. The summed E-state index contributed by atoms with van der Waals surface area (Å²) in [5.74, 6) is -0.168. The van der Waals surface area contributed by atoms with E-state index in [1.165, 1.54) is 26.4 Å². The third kappa shape index (κ3) is 5.58. The molecule has 0 aromatic heterocycles. The molecule has 0 atom stereocenters. The number of hydrogen-bond acceptors (Lipinski definition) is 7.